The molecule has 0 heterocycles. The van der Waals surface area contributed by atoms with Crippen molar-refractivity contribution in [2.75, 3.05) is 0 Å². The first-order chi connectivity index (χ1) is 12.2. The Morgan fingerprint density at radius 1 is 0.720 bits per heavy atom. The van der Waals surface area contributed by atoms with Crippen molar-refractivity contribution in [2.24, 2.45) is 0 Å². The van der Waals surface area contributed by atoms with Gasteiger partial charge in [0.05, 0.1) is 5.56 Å². The van der Waals surface area contributed by atoms with Gasteiger partial charge < -0.3 is 5.11 Å². The second-order valence-corrected chi connectivity index (χ2v) is 5.95. The molecule has 0 aliphatic carbocycles. The van der Waals surface area contributed by atoms with Gasteiger partial charge in [-0.05, 0) is 33.9 Å². The molecule has 0 aromatic heterocycles. The summed E-state index contributed by atoms with van der Waals surface area (Å²) in [6.45, 7) is 0. The zero-order chi connectivity index (χ0) is 17.2. The first kappa shape index (κ1) is 15.2. The Morgan fingerprint density at radius 2 is 1.36 bits per heavy atom. The van der Waals surface area contributed by atoms with E-state index in [1.54, 1.807) is 12.1 Å². The molecule has 0 saturated carbocycles. The van der Waals surface area contributed by atoms with Gasteiger partial charge >= 0.3 is 0 Å². The van der Waals surface area contributed by atoms with Crippen molar-refractivity contribution in [3.63, 3.8) is 0 Å². The van der Waals surface area contributed by atoms with Gasteiger partial charge in [0, 0.05) is 5.39 Å². The van der Waals surface area contributed by atoms with Crippen molar-refractivity contribution in [2.45, 2.75) is 0 Å². The molecule has 0 unspecified atom stereocenters. The lowest BCUT2D eigenvalue weighted by molar-refractivity contribution is 0.104. The number of aromatic hydroxyl groups is 1. The third kappa shape index (κ3) is 2.79. The van der Waals surface area contributed by atoms with E-state index in [0.29, 0.717) is 10.9 Å². The highest BCUT2D eigenvalue weighted by atomic mass is 16.3. The Labute approximate surface area is 145 Å². The molecule has 120 valence electrons. The summed E-state index contributed by atoms with van der Waals surface area (Å²) in [6, 6.07) is 25.1. The van der Waals surface area contributed by atoms with Crippen molar-refractivity contribution in [3.05, 3.63) is 96.1 Å². The van der Waals surface area contributed by atoms with E-state index in [1.807, 2.05) is 72.8 Å². The highest BCUT2D eigenvalue weighted by Gasteiger charge is 2.11. The van der Waals surface area contributed by atoms with Crippen LogP contribution in [0.2, 0.25) is 0 Å². The predicted molar refractivity (Wildman–Crippen MR) is 103 cm³/mol. The van der Waals surface area contributed by atoms with E-state index in [-0.39, 0.29) is 11.5 Å². The van der Waals surface area contributed by atoms with Crippen LogP contribution in [-0.2, 0) is 0 Å². The standard InChI is InChI=1S/C23H16O2/c24-22(21-14-12-18-7-2-4-11-20(18)23(21)25)15-13-17-9-5-8-16-6-1-3-10-19(16)17/h1-15,25H/b15-13+. The van der Waals surface area contributed by atoms with E-state index in [0.717, 1.165) is 21.7 Å². The minimum absolute atomic E-state index is 0.0330. The van der Waals surface area contributed by atoms with E-state index in [1.165, 1.54) is 6.08 Å². The molecule has 2 heteroatoms. The zero-order valence-corrected chi connectivity index (χ0v) is 13.5. The molecule has 4 aromatic carbocycles. The van der Waals surface area contributed by atoms with Crippen molar-refractivity contribution in [3.8, 4) is 5.75 Å². The topological polar surface area (TPSA) is 37.3 Å². The molecule has 4 rings (SSSR count). The summed E-state index contributed by atoms with van der Waals surface area (Å²) in [5, 5.41) is 14.3. The lowest BCUT2D eigenvalue weighted by Crippen LogP contribution is -1.95. The van der Waals surface area contributed by atoms with Gasteiger partial charge in [0.1, 0.15) is 5.75 Å². The lowest BCUT2D eigenvalue weighted by Gasteiger charge is -2.05. The molecule has 25 heavy (non-hydrogen) atoms. The average molecular weight is 324 g/mol. The van der Waals surface area contributed by atoms with Crippen LogP contribution in [0.15, 0.2) is 84.9 Å². The molecule has 0 aliphatic heterocycles. The van der Waals surface area contributed by atoms with Crippen LogP contribution < -0.4 is 0 Å². The first-order valence-electron chi connectivity index (χ1n) is 8.15. The van der Waals surface area contributed by atoms with Gasteiger partial charge in [-0.3, -0.25) is 4.79 Å². The number of phenols is 1. The molecule has 0 saturated heterocycles. The zero-order valence-electron chi connectivity index (χ0n) is 13.5. The van der Waals surface area contributed by atoms with Crippen molar-refractivity contribution < 1.29 is 9.90 Å². The molecule has 0 aliphatic rings. The molecule has 2 nitrogen and oxygen atoms in total. The van der Waals surface area contributed by atoms with Crippen LogP contribution in [0.5, 0.6) is 5.75 Å². The minimum Gasteiger partial charge on any atom is -0.507 e. The second kappa shape index (κ2) is 6.25. The lowest BCUT2D eigenvalue weighted by atomic mass is 10.0. The van der Waals surface area contributed by atoms with Gasteiger partial charge in [-0.25, -0.2) is 0 Å². The number of fused-ring (bicyclic) bond motifs is 2. The summed E-state index contributed by atoms with van der Waals surface area (Å²) in [5.74, 6) is -0.179. The number of carbonyl (C=O) groups excluding carboxylic acids is 1. The number of allylic oxidation sites excluding steroid dienone is 1. The Balaban J connectivity index is 1.72. The fourth-order valence-corrected chi connectivity index (χ4v) is 3.11. The molecule has 0 spiro atoms. The van der Waals surface area contributed by atoms with Crippen LogP contribution in [0.25, 0.3) is 27.6 Å². The van der Waals surface area contributed by atoms with Gasteiger partial charge in [-0.15, -0.1) is 0 Å². The summed E-state index contributed by atoms with van der Waals surface area (Å²) in [6.07, 6.45) is 3.32. The molecule has 1 N–H and O–H groups in total. The maximum Gasteiger partial charge on any atom is 0.189 e. The molecule has 0 bridgehead atoms. The Kier molecular flexibility index (Phi) is 3.79. The third-order valence-corrected chi connectivity index (χ3v) is 4.40. The van der Waals surface area contributed by atoms with Gasteiger partial charge in [-0.1, -0.05) is 78.9 Å². The van der Waals surface area contributed by atoms with Crippen LogP contribution in [0.4, 0.5) is 0 Å². The monoisotopic (exact) mass is 324 g/mol. The number of rotatable bonds is 3. The third-order valence-electron chi connectivity index (χ3n) is 4.40. The van der Waals surface area contributed by atoms with Crippen LogP contribution in [0, 0.1) is 0 Å². The summed E-state index contributed by atoms with van der Waals surface area (Å²) in [5.41, 5.74) is 1.29. The van der Waals surface area contributed by atoms with E-state index in [2.05, 4.69) is 0 Å². The molecule has 4 aromatic rings. The summed E-state index contributed by atoms with van der Waals surface area (Å²) in [7, 11) is 0. The fraction of sp³-hybridized carbons (Fsp3) is 0. The maximum atomic E-state index is 12.6. The van der Waals surface area contributed by atoms with Crippen LogP contribution >= 0.6 is 0 Å². The Hall–Kier alpha value is -3.39. The van der Waals surface area contributed by atoms with E-state index >= 15 is 0 Å². The number of hydrogen-bond donors (Lipinski definition) is 1. The number of carbonyl (C=O) groups is 1. The SMILES string of the molecule is O=C(/C=C/c1cccc2ccccc12)c1ccc2ccccc2c1O. The average Bonchev–Trinajstić information content (AvgIpc) is 2.66. The quantitative estimate of drug-likeness (QED) is 0.394. The highest BCUT2D eigenvalue weighted by Crippen LogP contribution is 2.29. The molecular weight excluding hydrogens is 308 g/mol. The van der Waals surface area contributed by atoms with Crippen molar-refractivity contribution >= 4 is 33.4 Å². The Morgan fingerprint density at radius 3 is 2.16 bits per heavy atom. The minimum atomic E-state index is -0.212. The van der Waals surface area contributed by atoms with Crippen molar-refractivity contribution in [1.82, 2.24) is 0 Å². The van der Waals surface area contributed by atoms with E-state index < -0.39 is 0 Å². The normalized spacial score (nSPS) is 11.4. The molecule has 0 fully saturated rings. The first-order valence-corrected chi connectivity index (χ1v) is 8.15. The number of benzene rings is 4. The van der Waals surface area contributed by atoms with E-state index in [9.17, 15) is 9.90 Å². The van der Waals surface area contributed by atoms with Gasteiger partial charge in [0.25, 0.3) is 0 Å². The molecule has 0 amide bonds. The predicted octanol–water partition coefficient (Wildman–Crippen LogP) is 5.59. The number of phenolic OH excluding ortho intramolecular Hbond substituents is 1. The highest BCUT2D eigenvalue weighted by molar-refractivity contribution is 6.12. The number of ketones is 1. The summed E-state index contributed by atoms with van der Waals surface area (Å²) >= 11 is 0. The molecule has 0 atom stereocenters. The summed E-state index contributed by atoms with van der Waals surface area (Å²) < 4.78 is 0. The van der Waals surface area contributed by atoms with Crippen LogP contribution in [0.1, 0.15) is 15.9 Å². The second-order valence-electron chi connectivity index (χ2n) is 5.95. The largest absolute Gasteiger partial charge is 0.507 e. The number of hydrogen-bond acceptors (Lipinski definition) is 2. The smallest absolute Gasteiger partial charge is 0.189 e. The molecule has 0 radical (unpaired) electrons. The van der Waals surface area contributed by atoms with Crippen LogP contribution in [-0.4, -0.2) is 10.9 Å². The van der Waals surface area contributed by atoms with Crippen LogP contribution in [0.3, 0.4) is 0 Å². The van der Waals surface area contributed by atoms with E-state index in [4.69, 9.17) is 0 Å². The van der Waals surface area contributed by atoms with Gasteiger partial charge in [-0.2, -0.15) is 0 Å². The summed E-state index contributed by atoms with van der Waals surface area (Å²) in [4.78, 5) is 12.6. The maximum absolute atomic E-state index is 12.6. The fourth-order valence-electron chi connectivity index (χ4n) is 3.11. The van der Waals surface area contributed by atoms with Gasteiger partial charge in [0.2, 0.25) is 0 Å². The molecular formula is C23H16O2. The van der Waals surface area contributed by atoms with Crippen molar-refractivity contribution in [1.29, 1.82) is 0 Å². The van der Waals surface area contributed by atoms with Gasteiger partial charge in [0.15, 0.2) is 5.78 Å². The Bertz CT molecular complexity index is 1120.